The number of amides is 1. The Bertz CT molecular complexity index is 447. The van der Waals surface area contributed by atoms with Crippen molar-refractivity contribution in [2.75, 3.05) is 26.2 Å². The van der Waals surface area contributed by atoms with E-state index in [1.165, 1.54) is 6.20 Å². The molecule has 6 heteroatoms. The molecule has 0 bridgehead atoms. The standard InChI is InChI=1S/C12H15ClFN3O/c1-9(18)17-6-4-16(5-7-17)8-10-2-3-15-12(13)11(10)14/h2-3H,4-8H2,1H3. The van der Waals surface area contributed by atoms with Crippen LogP contribution in [0.2, 0.25) is 5.15 Å². The minimum Gasteiger partial charge on any atom is -0.340 e. The highest BCUT2D eigenvalue weighted by molar-refractivity contribution is 6.29. The lowest BCUT2D eigenvalue weighted by molar-refractivity contribution is -0.130. The van der Waals surface area contributed by atoms with Gasteiger partial charge in [-0.2, -0.15) is 0 Å². The highest BCUT2D eigenvalue weighted by atomic mass is 35.5. The maximum absolute atomic E-state index is 13.7. The van der Waals surface area contributed by atoms with Crippen LogP contribution in [0.3, 0.4) is 0 Å². The van der Waals surface area contributed by atoms with Gasteiger partial charge in [0.15, 0.2) is 11.0 Å². The van der Waals surface area contributed by atoms with Gasteiger partial charge in [0.05, 0.1) is 0 Å². The Kier molecular flexibility index (Phi) is 4.14. The van der Waals surface area contributed by atoms with E-state index in [-0.39, 0.29) is 11.1 Å². The van der Waals surface area contributed by atoms with Gasteiger partial charge in [-0.15, -0.1) is 0 Å². The lowest BCUT2D eigenvalue weighted by Gasteiger charge is -2.34. The molecule has 0 aliphatic carbocycles. The van der Waals surface area contributed by atoms with Crippen molar-refractivity contribution >= 4 is 17.5 Å². The Morgan fingerprint density at radius 3 is 2.72 bits per heavy atom. The van der Waals surface area contributed by atoms with Gasteiger partial charge in [-0.25, -0.2) is 9.37 Å². The van der Waals surface area contributed by atoms with Crippen LogP contribution < -0.4 is 0 Å². The smallest absolute Gasteiger partial charge is 0.219 e. The second-order valence-electron chi connectivity index (χ2n) is 4.36. The SMILES string of the molecule is CC(=O)N1CCN(Cc2ccnc(Cl)c2F)CC1. The number of rotatable bonds is 2. The third kappa shape index (κ3) is 2.97. The normalized spacial score (nSPS) is 16.9. The van der Waals surface area contributed by atoms with Gasteiger partial charge >= 0.3 is 0 Å². The zero-order valence-electron chi connectivity index (χ0n) is 10.2. The average molecular weight is 272 g/mol. The summed E-state index contributed by atoms with van der Waals surface area (Å²) in [7, 11) is 0. The maximum Gasteiger partial charge on any atom is 0.219 e. The molecule has 0 unspecified atom stereocenters. The molecule has 0 aromatic carbocycles. The summed E-state index contributed by atoms with van der Waals surface area (Å²) in [6, 6.07) is 1.64. The first-order chi connectivity index (χ1) is 8.58. The molecule has 0 atom stereocenters. The summed E-state index contributed by atoms with van der Waals surface area (Å²) in [5.41, 5.74) is 0.547. The molecule has 98 valence electrons. The van der Waals surface area contributed by atoms with Gasteiger partial charge in [0.25, 0.3) is 0 Å². The molecule has 0 radical (unpaired) electrons. The Labute approximate surface area is 110 Å². The van der Waals surface area contributed by atoms with Gasteiger partial charge in [-0.1, -0.05) is 11.6 Å². The second kappa shape index (κ2) is 5.63. The van der Waals surface area contributed by atoms with Crippen LogP contribution in [0.1, 0.15) is 12.5 Å². The number of carbonyl (C=O) groups excluding carboxylic acids is 1. The lowest BCUT2D eigenvalue weighted by atomic mass is 10.2. The van der Waals surface area contributed by atoms with Gasteiger partial charge in [0.1, 0.15) is 0 Å². The Morgan fingerprint density at radius 2 is 2.11 bits per heavy atom. The molecule has 0 N–H and O–H groups in total. The van der Waals surface area contributed by atoms with Crippen LogP contribution >= 0.6 is 11.6 Å². The number of piperazine rings is 1. The fourth-order valence-electron chi connectivity index (χ4n) is 2.04. The molecule has 1 amide bonds. The zero-order chi connectivity index (χ0) is 13.1. The molecule has 18 heavy (non-hydrogen) atoms. The van der Waals surface area contributed by atoms with E-state index < -0.39 is 5.82 Å². The highest BCUT2D eigenvalue weighted by Crippen LogP contribution is 2.17. The summed E-state index contributed by atoms with van der Waals surface area (Å²) in [6.45, 7) is 4.95. The van der Waals surface area contributed by atoms with Gasteiger partial charge in [0.2, 0.25) is 5.91 Å². The predicted octanol–water partition coefficient (Wildman–Crippen LogP) is 1.54. The predicted molar refractivity (Wildman–Crippen MR) is 66.7 cm³/mol. The van der Waals surface area contributed by atoms with Crippen molar-refractivity contribution in [2.45, 2.75) is 13.5 Å². The van der Waals surface area contributed by atoms with Gasteiger partial charge in [-0.3, -0.25) is 9.69 Å². The van der Waals surface area contributed by atoms with E-state index in [9.17, 15) is 9.18 Å². The number of carbonyl (C=O) groups is 1. The molecule has 1 aliphatic heterocycles. The molecule has 1 saturated heterocycles. The van der Waals surface area contributed by atoms with Crippen molar-refractivity contribution in [3.8, 4) is 0 Å². The fraction of sp³-hybridized carbons (Fsp3) is 0.500. The van der Waals surface area contributed by atoms with E-state index in [4.69, 9.17) is 11.6 Å². The first kappa shape index (κ1) is 13.2. The van der Waals surface area contributed by atoms with Crippen LogP contribution in [-0.4, -0.2) is 46.9 Å². The monoisotopic (exact) mass is 271 g/mol. The topological polar surface area (TPSA) is 36.4 Å². The van der Waals surface area contributed by atoms with Crippen LogP contribution in [0.5, 0.6) is 0 Å². The third-order valence-electron chi connectivity index (χ3n) is 3.14. The van der Waals surface area contributed by atoms with Crippen molar-refractivity contribution in [3.63, 3.8) is 0 Å². The van der Waals surface area contributed by atoms with Gasteiger partial charge in [0, 0.05) is 51.4 Å². The van der Waals surface area contributed by atoms with Crippen LogP contribution in [0.15, 0.2) is 12.3 Å². The molecular weight excluding hydrogens is 257 g/mol. The van der Waals surface area contributed by atoms with E-state index >= 15 is 0 Å². The number of nitrogens with zero attached hydrogens (tertiary/aromatic N) is 3. The molecule has 4 nitrogen and oxygen atoms in total. The molecule has 1 aromatic rings. The molecule has 0 spiro atoms. The van der Waals surface area contributed by atoms with E-state index in [1.807, 2.05) is 0 Å². The minimum absolute atomic E-state index is 0.0881. The largest absolute Gasteiger partial charge is 0.340 e. The fourth-order valence-corrected chi connectivity index (χ4v) is 2.22. The van der Waals surface area contributed by atoms with E-state index in [0.29, 0.717) is 25.2 Å². The first-order valence-corrected chi connectivity index (χ1v) is 6.22. The van der Waals surface area contributed by atoms with Gasteiger partial charge < -0.3 is 4.90 Å². The highest BCUT2D eigenvalue weighted by Gasteiger charge is 2.19. The van der Waals surface area contributed by atoms with Crippen LogP contribution in [0.25, 0.3) is 0 Å². The van der Waals surface area contributed by atoms with E-state index in [0.717, 1.165) is 13.1 Å². The van der Waals surface area contributed by atoms with Crippen LogP contribution in [-0.2, 0) is 11.3 Å². The molecule has 2 rings (SSSR count). The zero-order valence-corrected chi connectivity index (χ0v) is 11.0. The molecule has 2 heterocycles. The number of hydrogen-bond donors (Lipinski definition) is 0. The summed E-state index contributed by atoms with van der Waals surface area (Å²) in [5, 5.41) is -0.0881. The Morgan fingerprint density at radius 1 is 1.44 bits per heavy atom. The van der Waals surface area contributed by atoms with Crippen molar-refractivity contribution in [1.29, 1.82) is 0 Å². The maximum atomic E-state index is 13.7. The van der Waals surface area contributed by atoms with Gasteiger partial charge in [-0.05, 0) is 6.07 Å². The number of hydrogen-bond acceptors (Lipinski definition) is 3. The van der Waals surface area contributed by atoms with E-state index in [1.54, 1.807) is 17.9 Å². The van der Waals surface area contributed by atoms with Crippen molar-refractivity contribution in [3.05, 3.63) is 28.8 Å². The summed E-state index contributed by atoms with van der Waals surface area (Å²) >= 11 is 5.64. The first-order valence-electron chi connectivity index (χ1n) is 5.84. The molecule has 1 fully saturated rings. The second-order valence-corrected chi connectivity index (χ2v) is 4.72. The molecule has 0 saturated carbocycles. The minimum atomic E-state index is -0.451. The lowest BCUT2D eigenvalue weighted by Crippen LogP contribution is -2.47. The quantitative estimate of drug-likeness (QED) is 0.766. The summed E-state index contributed by atoms with van der Waals surface area (Å²) in [6.07, 6.45) is 1.51. The van der Waals surface area contributed by atoms with Crippen molar-refractivity contribution in [1.82, 2.24) is 14.8 Å². The molecule has 1 aromatic heterocycles. The molecule has 1 aliphatic rings. The Balaban J connectivity index is 1.96. The third-order valence-corrected chi connectivity index (χ3v) is 3.40. The molecular formula is C12H15ClFN3O. The summed E-state index contributed by atoms with van der Waals surface area (Å²) in [5.74, 6) is -0.360. The van der Waals surface area contributed by atoms with Crippen molar-refractivity contribution < 1.29 is 9.18 Å². The number of aromatic nitrogens is 1. The Hall–Kier alpha value is -1.20. The summed E-state index contributed by atoms with van der Waals surface area (Å²) < 4.78 is 13.7. The van der Waals surface area contributed by atoms with E-state index in [2.05, 4.69) is 9.88 Å². The van der Waals surface area contributed by atoms with Crippen LogP contribution in [0, 0.1) is 5.82 Å². The average Bonchev–Trinajstić information content (AvgIpc) is 2.36. The summed E-state index contributed by atoms with van der Waals surface area (Å²) in [4.78, 5) is 18.8. The van der Waals surface area contributed by atoms with Crippen LogP contribution in [0.4, 0.5) is 4.39 Å². The number of pyridine rings is 1. The van der Waals surface area contributed by atoms with Crippen molar-refractivity contribution in [2.24, 2.45) is 0 Å². The number of halogens is 2.